The number of amides is 1. The number of methoxy groups -OCH3 is 1. The molecule has 0 radical (unpaired) electrons. The third kappa shape index (κ3) is 6.54. The zero-order chi connectivity index (χ0) is 14.1. The Kier molecular flexibility index (Phi) is 7.43. The standard InChI is InChI=1S/C13H19ClN2O3/c1-19-9-10(17)6-7-15-8-13(18)16-12-5-3-2-4-11(12)14/h2-5,10,15,17H,6-9H2,1H3,(H,16,18). The second kappa shape index (κ2) is 8.87. The van der Waals surface area contributed by atoms with Crippen LogP contribution in [0, 0.1) is 0 Å². The molecule has 1 aromatic carbocycles. The molecule has 0 heterocycles. The molecule has 1 atom stereocenters. The summed E-state index contributed by atoms with van der Waals surface area (Å²) in [4.78, 5) is 11.6. The lowest BCUT2D eigenvalue weighted by Gasteiger charge is -2.10. The molecule has 1 rings (SSSR count). The Labute approximate surface area is 117 Å². The number of benzene rings is 1. The summed E-state index contributed by atoms with van der Waals surface area (Å²) < 4.78 is 4.80. The summed E-state index contributed by atoms with van der Waals surface area (Å²) in [5.74, 6) is -0.172. The van der Waals surface area contributed by atoms with Gasteiger partial charge in [-0.25, -0.2) is 0 Å². The van der Waals surface area contributed by atoms with E-state index in [-0.39, 0.29) is 12.5 Å². The Morgan fingerprint density at radius 2 is 2.21 bits per heavy atom. The van der Waals surface area contributed by atoms with Crippen molar-refractivity contribution in [2.24, 2.45) is 0 Å². The molecule has 1 aromatic rings. The summed E-state index contributed by atoms with van der Waals surface area (Å²) in [5.41, 5.74) is 0.593. The van der Waals surface area contributed by atoms with Crippen molar-refractivity contribution in [2.75, 3.05) is 32.1 Å². The van der Waals surface area contributed by atoms with Gasteiger partial charge in [0.15, 0.2) is 0 Å². The Balaban J connectivity index is 2.20. The van der Waals surface area contributed by atoms with E-state index in [0.717, 1.165) is 0 Å². The van der Waals surface area contributed by atoms with Gasteiger partial charge in [0.25, 0.3) is 0 Å². The van der Waals surface area contributed by atoms with Gasteiger partial charge in [-0.2, -0.15) is 0 Å². The Bertz CT molecular complexity index is 401. The number of hydrogen-bond acceptors (Lipinski definition) is 4. The zero-order valence-electron chi connectivity index (χ0n) is 10.9. The number of nitrogens with one attached hydrogen (secondary N) is 2. The fraction of sp³-hybridized carbons (Fsp3) is 0.462. The summed E-state index contributed by atoms with van der Waals surface area (Å²) in [5, 5.41) is 15.6. The topological polar surface area (TPSA) is 70.6 Å². The van der Waals surface area contributed by atoms with Crippen LogP contribution in [-0.4, -0.2) is 43.9 Å². The summed E-state index contributed by atoms with van der Waals surface area (Å²) >= 11 is 5.92. The van der Waals surface area contributed by atoms with Gasteiger partial charge in [0.2, 0.25) is 5.91 Å². The fourth-order valence-electron chi connectivity index (χ4n) is 1.50. The normalized spacial score (nSPS) is 12.2. The summed E-state index contributed by atoms with van der Waals surface area (Å²) in [6, 6.07) is 7.05. The monoisotopic (exact) mass is 286 g/mol. The molecule has 1 amide bonds. The van der Waals surface area contributed by atoms with Crippen molar-refractivity contribution in [3.05, 3.63) is 29.3 Å². The van der Waals surface area contributed by atoms with Crippen LogP contribution in [0.25, 0.3) is 0 Å². The number of carbonyl (C=O) groups is 1. The van der Waals surface area contributed by atoms with Crippen LogP contribution < -0.4 is 10.6 Å². The Morgan fingerprint density at radius 3 is 2.89 bits per heavy atom. The van der Waals surface area contributed by atoms with E-state index in [2.05, 4.69) is 10.6 Å². The van der Waals surface area contributed by atoms with E-state index in [0.29, 0.717) is 30.3 Å². The van der Waals surface area contributed by atoms with Gasteiger partial charge in [-0.05, 0) is 25.1 Å². The first-order valence-electron chi connectivity index (χ1n) is 6.05. The number of anilines is 1. The smallest absolute Gasteiger partial charge is 0.238 e. The van der Waals surface area contributed by atoms with Gasteiger partial charge in [0.05, 0.1) is 30.0 Å². The van der Waals surface area contributed by atoms with Gasteiger partial charge in [0.1, 0.15) is 0 Å². The number of para-hydroxylation sites is 1. The van der Waals surface area contributed by atoms with E-state index in [1.807, 2.05) is 0 Å². The Hall–Kier alpha value is -1.14. The second-order valence-electron chi connectivity index (χ2n) is 4.10. The molecule has 0 aliphatic heterocycles. The van der Waals surface area contributed by atoms with Crippen molar-refractivity contribution in [2.45, 2.75) is 12.5 Å². The number of hydrogen-bond donors (Lipinski definition) is 3. The van der Waals surface area contributed by atoms with Gasteiger partial charge in [-0.1, -0.05) is 23.7 Å². The molecule has 0 fully saturated rings. The number of aliphatic hydroxyl groups is 1. The van der Waals surface area contributed by atoms with E-state index in [4.69, 9.17) is 16.3 Å². The number of carbonyl (C=O) groups excluding carboxylic acids is 1. The number of aliphatic hydroxyl groups excluding tert-OH is 1. The van der Waals surface area contributed by atoms with Crippen molar-refractivity contribution in [1.29, 1.82) is 0 Å². The average Bonchev–Trinajstić information content (AvgIpc) is 2.38. The maximum Gasteiger partial charge on any atom is 0.238 e. The van der Waals surface area contributed by atoms with Crippen molar-refractivity contribution in [3.8, 4) is 0 Å². The predicted octanol–water partition coefficient (Wildman–Crippen LogP) is 1.27. The first-order valence-corrected chi connectivity index (χ1v) is 6.43. The van der Waals surface area contributed by atoms with Crippen LogP contribution in [0.15, 0.2) is 24.3 Å². The first kappa shape index (κ1) is 15.9. The van der Waals surface area contributed by atoms with E-state index >= 15 is 0 Å². The second-order valence-corrected chi connectivity index (χ2v) is 4.51. The van der Waals surface area contributed by atoms with Crippen LogP contribution in [-0.2, 0) is 9.53 Å². The quantitative estimate of drug-likeness (QED) is 0.629. The van der Waals surface area contributed by atoms with Crippen LogP contribution in [0.3, 0.4) is 0 Å². The van der Waals surface area contributed by atoms with E-state index < -0.39 is 6.10 Å². The molecule has 0 spiro atoms. The van der Waals surface area contributed by atoms with E-state index in [1.165, 1.54) is 7.11 Å². The molecule has 0 saturated heterocycles. The largest absolute Gasteiger partial charge is 0.391 e. The van der Waals surface area contributed by atoms with E-state index in [1.54, 1.807) is 24.3 Å². The molecule has 19 heavy (non-hydrogen) atoms. The maximum atomic E-state index is 11.6. The van der Waals surface area contributed by atoms with Crippen molar-refractivity contribution in [3.63, 3.8) is 0 Å². The molecule has 3 N–H and O–H groups in total. The highest BCUT2D eigenvalue weighted by atomic mass is 35.5. The lowest BCUT2D eigenvalue weighted by Crippen LogP contribution is -2.31. The molecular formula is C13H19ClN2O3. The summed E-state index contributed by atoms with van der Waals surface area (Å²) in [6.07, 6.45) is 0.0249. The highest BCUT2D eigenvalue weighted by Gasteiger charge is 2.06. The minimum Gasteiger partial charge on any atom is -0.391 e. The molecule has 0 aromatic heterocycles. The van der Waals surface area contributed by atoms with Crippen molar-refractivity contribution >= 4 is 23.2 Å². The fourth-order valence-corrected chi connectivity index (χ4v) is 1.69. The first-order chi connectivity index (χ1) is 9.13. The predicted molar refractivity (Wildman–Crippen MR) is 75.5 cm³/mol. The van der Waals surface area contributed by atoms with Gasteiger partial charge in [0, 0.05) is 7.11 Å². The van der Waals surface area contributed by atoms with Gasteiger partial charge >= 0.3 is 0 Å². The van der Waals surface area contributed by atoms with Crippen LogP contribution in [0.1, 0.15) is 6.42 Å². The average molecular weight is 287 g/mol. The lowest BCUT2D eigenvalue weighted by atomic mass is 10.2. The van der Waals surface area contributed by atoms with Gasteiger partial charge in [-0.3, -0.25) is 4.79 Å². The van der Waals surface area contributed by atoms with Crippen LogP contribution in [0.4, 0.5) is 5.69 Å². The minimum atomic E-state index is -0.510. The third-order valence-electron chi connectivity index (χ3n) is 2.45. The molecular weight excluding hydrogens is 268 g/mol. The molecule has 106 valence electrons. The molecule has 0 saturated carbocycles. The van der Waals surface area contributed by atoms with Gasteiger partial charge < -0.3 is 20.5 Å². The summed E-state index contributed by atoms with van der Waals surface area (Å²) in [7, 11) is 1.54. The van der Waals surface area contributed by atoms with Crippen molar-refractivity contribution < 1.29 is 14.6 Å². The number of ether oxygens (including phenoxy) is 1. The molecule has 6 heteroatoms. The van der Waals surface area contributed by atoms with Crippen LogP contribution in [0.5, 0.6) is 0 Å². The van der Waals surface area contributed by atoms with Crippen LogP contribution >= 0.6 is 11.6 Å². The van der Waals surface area contributed by atoms with Crippen LogP contribution in [0.2, 0.25) is 5.02 Å². The molecule has 0 aliphatic rings. The molecule has 0 aliphatic carbocycles. The van der Waals surface area contributed by atoms with E-state index in [9.17, 15) is 9.90 Å². The summed E-state index contributed by atoms with van der Waals surface area (Å²) in [6.45, 7) is 1.01. The minimum absolute atomic E-state index is 0.172. The van der Waals surface area contributed by atoms with Crippen molar-refractivity contribution in [1.82, 2.24) is 5.32 Å². The Morgan fingerprint density at radius 1 is 1.47 bits per heavy atom. The van der Waals surface area contributed by atoms with Gasteiger partial charge in [-0.15, -0.1) is 0 Å². The molecule has 0 bridgehead atoms. The third-order valence-corrected chi connectivity index (χ3v) is 2.78. The molecule has 1 unspecified atom stereocenters. The number of rotatable bonds is 8. The zero-order valence-corrected chi connectivity index (χ0v) is 11.6. The maximum absolute atomic E-state index is 11.6. The highest BCUT2D eigenvalue weighted by Crippen LogP contribution is 2.19. The lowest BCUT2D eigenvalue weighted by molar-refractivity contribution is -0.115. The number of halogens is 1. The highest BCUT2D eigenvalue weighted by molar-refractivity contribution is 6.33. The SMILES string of the molecule is COCC(O)CCNCC(=O)Nc1ccccc1Cl. The molecule has 5 nitrogen and oxygen atoms in total.